The molecule has 1 rings (SSSR count). The van der Waals surface area contributed by atoms with Crippen LogP contribution >= 0.6 is 12.2 Å². The maximum Gasteiger partial charge on any atom is 0.255 e. The van der Waals surface area contributed by atoms with Gasteiger partial charge in [-0.2, -0.15) is 0 Å². The molecule has 1 unspecified atom stereocenters. The fraction of sp³-hybridized carbons (Fsp3) is 0.333. The highest BCUT2D eigenvalue weighted by Gasteiger charge is 2.17. The molecule has 4 N–H and O–H groups in total. The molecule has 0 radical (unpaired) electrons. The molecule has 1 atom stereocenters. The molecule has 0 heterocycles. The summed E-state index contributed by atoms with van der Waals surface area (Å²) in [6.07, 6.45) is 1.55. The predicted molar refractivity (Wildman–Crippen MR) is 71.1 cm³/mol. The van der Waals surface area contributed by atoms with Gasteiger partial charge in [-0.3, -0.25) is 4.79 Å². The van der Waals surface area contributed by atoms with Crippen LogP contribution in [0.2, 0.25) is 0 Å². The highest BCUT2D eigenvalue weighted by molar-refractivity contribution is 7.80. The molecule has 0 saturated carbocycles. The van der Waals surface area contributed by atoms with E-state index in [4.69, 9.17) is 18.0 Å². The predicted octanol–water partition coefficient (Wildman–Crippen LogP) is 1.58. The molecule has 0 spiro atoms. The smallest absolute Gasteiger partial charge is 0.255 e. The lowest BCUT2D eigenvalue weighted by molar-refractivity contribution is 0.0943. The molecule has 0 aliphatic heterocycles. The molecule has 17 heavy (non-hydrogen) atoms. The molecular weight excluding hydrogens is 236 g/mol. The van der Waals surface area contributed by atoms with Crippen LogP contribution < -0.4 is 11.1 Å². The van der Waals surface area contributed by atoms with Gasteiger partial charge in [0.15, 0.2) is 0 Å². The third-order valence-electron chi connectivity index (χ3n) is 2.37. The summed E-state index contributed by atoms with van der Waals surface area (Å²) >= 11 is 4.88. The van der Waals surface area contributed by atoms with Gasteiger partial charge >= 0.3 is 0 Å². The van der Waals surface area contributed by atoms with Gasteiger partial charge in [0.05, 0.1) is 16.6 Å². The molecule has 0 saturated heterocycles. The summed E-state index contributed by atoms with van der Waals surface area (Å²) in [5.41, 5.74) is 5.77. The maximum atomic E-state index is 11.9. The highest BCUT2D eigenvalue weighted by Crippen LogP contribution is 2.15. The minimum atomic E-state index is -0.366. The number of thiocarbonyl (C=S) groups is 1. The van der Waals surface area contributed by atoms with Gasteiger partial charge in [0.2, 0.25) is 0 Å². The van der Waals surface area contributed by atoms with E-state index in [-0.39, 0.29) is 28.3 Å². The van der Waals surface area contributed by atoms with Crippen molar-refractivity contribution in [2.24, 2.45) is 5.73 Å². The van der Waals surface area contributed by atoms with Crippen LogP contribution in [0.25, 0.3) is 0 Å². The Labute approximate surface area is 106 Å². The van der Waals surface area contributed by atoms with Gasteiger partial charge in [0.25, 0.3) is 5.91 Å². The van der Waals surface area contributed by atoms with Crippen molar-refractivity contribution >= 4 is 23.1 Å². The van der Waals surface area contributed by atoms with Gasteiger partial charge in [0.1, 0.15) is 5.75 Å². The molecule has 0 aromatic heterocycles. The van der Waals surface area contributed by atoms with Crippen LogP contribution in [0.4, 0.5) is 0 Å². The van der Waals surface area contributed by atoms with Crippen molar-refractivity contribution in [3.8, 4) is 5.75 Å². The first-order chi connectivity index (χ1) is 8.06. The fourth-order valence-electron chi connectivity index (χ4n) is 1.48. The third kappa shape index (κ3) is 3.71. The average molecular weight is 252 g/mol. The Morgan fingerprint density at radius 3 is 2.71 bits per heavy atom. The quantitative estimate of drug-likeness (QED) is 0.695. The number of nitrogens with one attached hydrogen (secondary N) is 1. The molecule has 0 bridgehead atoms. The highest BCUT2D eigenvalue weighted by atomic mass is 32.1. The van der Waals surface area contributed by atoms with Gasteiger partial charge < -0.3 is 16.2 Å². The third-order valence-corrected chi connectivity index (χ3v) is 2.66. The first kappa shape index (κ1) is 13.4. The minimum Gasteiger partial charge on any atom is -0.507 e. The van der Waals surface area contributed by atoms with Crippen molar-refractivity contribution in [3.05, 3.63) is 29.8 Å². The average Bonchev–Trinajstić information content (AvgIpc) is 2.28. The molecule has 1 aromatic rings. The van der Waals surface area contributed by atoms with Crippen molar-refractivity contribution in [2.75, 3.05) is 0 Å². The Morgan fingerprint density at radius 1 is 1.53 bits per heavy atom. The summed E-state index contributed by atoms with van der Waals surface area (Å²) < 4.78 is 0. The van der Waals surface area contributed by atoms with Crippen LogP contribution in [0.3, 0.4) is 0 Å². The first-order valence-corrected chi connectivity index (χ1v) is 5.85. The Balaban J connectivity index is 2.77. The number of para-hydroxylation sites is 1. The zero-order valence-corrected chi connectivity index (χ0v) is 10.5. The molecule has 0 aliphatic carbocycles. The summed E-state index contributed by atoms with van der Waals surface area (Å²) in [5, 5.41) is 12.2. The van der Waals surface area contributed by atoms with Crippen LogP contribution in [0.5, 0.6) is 5.75 Å². The number of carbonyl (C=O) groups is 1. The fourth-order valence-corrected chi connectivity index (χ4v) is 1.65. The van der Waals surface area contributed by atoms with E-state index in [1.54, 1.807) is 18.2 Å². The van der Waals surface area contributed by atoms with E-state index in [0.29, 0.717) is 6.42 Å². The lowest BCUT2D eigenvalue weighted by Gasteiger charge is -2.16. The normalized spacial score (nSPS) is 11.8. The topological polar surface area (TPSA) is 75.3 Å². The maximum absolute atomic E-state index is 11.9. The number of nitrogens with two attached hydrogens (primary N) is 1. The molecule has 92 valence electrons. The van der Waals surface area contributed by atoms with E-state index in [2.05, 4.69) is 5.32 Å². The van der Waals surface area contributed by atoms with E-state index in [1.807, 2.05) is 6.92 Å². The zero-order chi connectivity index (χ0) is 12.8. The van der Waals surface area contributed by atoms with Crippen molar-refractivity contribution in [1.29, 1.82) is 0 Å². The van der Waals surface area contributed by atoms with E-state index in [0.717, 1.165) is 6.42 Å². The van der Waals surface area contributed by atoms with Crippen LogP contribution in [-0.4, -0.2) is 22.0 Å². The van der Waals surface area contributed by atoms with E-state index in [1.165, 1.54) is 6.07 Å². The number of rotatable bonds is 5. The molecule has 1 aromatic carbocycles. The summed E-state index contributed by atoms with van der Waals surface area (Å²) in [7, 11) is 0. The number of benzene rings is 1. The Kier molecular flexibility index (Phi) is 4.90. The number of amides is 1. The second kappa shape index (κ2) is 6.20. The van der Waals surface area contributed by atoms with Crippen LogP contribution in [0.1, 0.15) is 30.1 Å². The van der Waals surface area contributed by atoms with Crippen molar-refractivity contribution in [3.63, 3.8) is 0 Å². The van der Waals surface area contributed by atoms with Crippen molar-refractivity contribution in [2.45, 2.75) is 25.8 Å². The Morgan fingerprint density at radius 2 is 2.18 bits per heavy atom. The lowest BCUT2D eigenvalue weighted by atomic mass is 10.1. The number of carbonyl (C=O) groups excluding carboxylic acids is 1. The van der Waals surface area contributed by atoms with Crippen molar-refractivity contribution < 1.29 is 9.90 Å². The number of hydrogen-bond donors (Lipinski definition) is 3. The largest absolute Gasteiger partial charge is 0.507 e. The van der Waals surface area contributed by atoms with E-state index < -0.39 is 0 Å². The molecule has 5 heteroatoms. The van der Waals surface area contributed by atoms with Gasteiger partial charge in [-0.05, 0) is 18.6 Å². The summed E-state index contributed by atoms with van der Waals surface area (Å²) in [6, 6.07) is 6.02. The van der Waals surface area contributed by atoms with Crippen LogP contribution in [0, 0.1) is 0 Å². The number of phenolic OH excluding ortho intramolecular Hbond substituents is 1. The van der Waals surface area contributed by atoms with Gasteiger partial charge in [-0.1, -0.05) is 37.7 Å². The summed E-state index contributed by atoms with van der Waals surface area (Å²) in [5.74, 6) is -0.419. The van der Waals surface area contributed by atoms with Crippen LogP contribution in [0.15, 0.2) is 24.3 Å². The zero-order valence-electron chi connectivity index (χ0n) is 9.64. The van der Waals surface area contributed by atoms with Crippen LogP contribution in [-0.2, 0) is 0 Å². The number of phenols is 1. The molecule has 0 aliphatic rings. The van der Waals surface area contributed by atoms with E-state index in [9.17, 15) is 9.90 Å². The Hall–Kier alpha value is -1.62. The summed E-state index contributed by atoms with van der Waals surface area (Å²) in [6.45, 7) is 1.98. The van der Waals surface area contributed by atoms with Gasteiger partial charge in [-0.25, -0.2) is 0 Å². The monoisotopic (exact) mass is 252 g/mol. The molecule has 0 fully saturated rings. The lowest BCUT2D eigenvalue weighted by Crippen LogP contribution is -2.43. The van der Waals surface area contributed by atoms with Gasteiger partial charge in [-0.15, -0.1) is 0 Å². The minimum absolute atomic E-state index is 0.0526. The molecule has 1 amide bonds. The second-order valence-electron chi connectivity index (χ2n) is 3.73. The first-order valence-electron chi connectivity index (χ1n) is 5.44. The number of hydrogen-bond acceptors (Lipinski definition) is 3. The van der Waals surface area contributed by atoms with Gasteiger partial charge in [0, 0.05) is 0 Å². The van der Waals surface area contributed by atoms with Crippen molar-refractivity contribution in [1.82, 2.24) is 5.32 Å². The summed E-state index contributed by atoms with van der Waals surface area (Å²) in [4.78, 5) is 12.1. The SMILES string of the molecule is CCCC(NC(=O)c1ccccc1O)C(N)=S. The number of aromatic hydroxyl groups is 1. The standard InChI is InChI=1S/C12H16N2O2S/c1-2-5-9(11(13)17)14-12(16)8-6-3-4-7-10(8)15/h3-4,6-7,9,15H,2,5H2,1H3,(H2,13,17)(H,14,16). The second-order valence-corrected chi connectivity index (χ2v) is 4.21. The molecule has 4 nitrogen and oxygen atoms in total. The Bertz CT molecular complexity index is 421. The van der Waals surface area contributed by atoms with E-state index >= 15 is 0 Å². The molecular formula is C12H16N2O2S.